The fourth-order valence-electron chi connectivity index (χ4n) is 2.18. The van der Waals surface area contributed by atoms with Crippen LogP contribution in [0.5, 0.6) is 0 Å². The first-order valence-electron chi connectivity index (χ1n) is 5.91. The predicted octanol–water partition coefficient (Wildman–Crippen LogP) is 2.78. The third kappa shape index (κ3) is 2.89. The third-order valence-electron chi connectivity index (χ3n) is 3.09. The largest absolute Gasteiger partial charge is 0.418 e. The fourth-order valence-corrected chi connectivity index (χ4v) is 2.18. The molecule has 0 bridgehead atoms. The van der Waals surface area contributed by atoms with E-state index in [4.69, 9.17) is 0 Å². The molecule has 2 rings (SSSR count). The predicted molar refractivity (Wildman–Crippen MR) is 64.6 cm³/mol. The van der Waals surface area contributed by atoms with Gasteiger partial charge in [0.15, 0.2) is 5.78 Å². The second kappa shape index (κ2) is 5.10. The van der Waals surface area contributed by atoms with E-state index < -0.39 is 22.4 Å². The van der Waals surface area contributed by atoms with Crippen LogP contribution in [0.15, 0.2) is 18.2 Å². The van der Waals surface area contributed by atoms with Crippen LogP contribution in [0.2, 0.25) is 0 Å². The van der Waals surface area contributed by atoms with Gasteiger partial charge in [0, 0.05) is 30.8 Å². The van der Waals surface area contributed by atoms with Crippen LogP contribution in [0.3, 0.4) is 0 Å². The summed E-state index contributed by atoms with van der Waals surface area (Å²) in [6.07, 6.45) is -3.88. The standard InChI is InChI=1S/C12H11F3N2O3/c13-12(14,15)10-6-8(17(19)20)3-4-11(10)16-5-1-2-9(18)7-16/h3-4,6H,1-2,5,7H2. The topological polar surface area (TPSA) is 63.5 Å². The van der Waals surface area contributed by atoms with Crippen molar-refractivity contribution >= 4 is 17.2 Å². The molecule has 1 aromatic rings. The molecule has 0 unspecified atom stereocenters. The Morgan fingerprint density at radius 2 is 2.00 bits per heavy atom. The summed E-state index contributed by atoms with van der Waals surface area (Å²) in [5.41, 5.74) is -1.89. The van der Waals surface area contributed by atoms with Crippen molar-refractivity contribution in [3.05, 3.63) is 33.9 Å². The number of halogens is 3. The minimum atomic E-state index is -4.71. The molecule has 0 spiro atoms. The van der Waals surface area contributed by atoms with E-state index in [-0.39, 0.29) is 18.0 Å². The number of Topliss-reactive ketones (excluding diaryl/α,β-unsaturated/α-hetero) is 1. The smallest absolute Gasteiger partial charge is 0.364 e. The molecule has 0 aromatic heterocycles. The van der Waals surface area contributed by atoms with Gasteiger partial charge in [0.2, 0.25) is 0 Å². The van der Waals surface area contributed by atoms with Crippen LogP contribution in [0.1, 0.15) is 18.4 Å². The van der Waals surface area contributed by atoms with Crippen molar-refractivity contribution in [1.29, 1.82) is 0 Å². The number of rotatable bonds is 2. The molecule has 1 heterocycles. The van der Waals surface area contributed by atoms with Gasteiger partial charge in [0.05, 0.1) is 17.0 Å². The van der Waals surface area contributed by atoms with E-state index in [1.165, 1.54) is 4.90 Å². The summed E-state index contributed by atoms with van der Waals surface area (Å²) in [4.78, 5) is 22.4. The summed E-state index contributed by atoms with van der Waals surface area (Å²) in [5, 5.41) is 10.6. The SMILES string of the molecule is O=C1CCCN(c2ccc([N+](=O)[O-])cc2C(F)(F)F)C1. The number of hydrogen-bond acceptors (Lipinski definition) is 4. The normalized spacial score (nSPS) is 16.4. The van der Waals surface area contributed by atoms with E-state index in [9.17, 15) is 28.1 Å². The number of piperidine rings is 1. The molecular formula is C12H11F3N2O3. The number of carbonyl (C=O) groups excluding carboxylic acids is 1. The number of benzene rings is 1. The zero-order chi connectivity index (χ0) is 14.9. The highest BCUT2D eigenvalue weighted by atomic mass is 19.4. The first-order valence-corrected chi connectivity index (χ1v) is 5.91. The van der Waals surface area contributed by atoms with Crippen molar-refractivity contribution in [2.24, 2.45) is 0 Å². The number of nitrogens with zero attached hydrogens (tertiary/aromatic N) is 2. The minimum absolute atomic E-state index is 0.0963. The minimum Gasteiger partial charge on any atom is -0.364 e. The van der Waals surface area contributed by atoms with Crippen LogP contribution in [-0.4, -0.2) is 23.8 Å². The molecule has 8 heteroatoms. The lowest BCUT2D eigenvalue weighted by Gasteiger charge is -2.30. The van der Waals surface area contributed by atoms with Gasteiger partial charge in [-0.2, -0.15) is 13.2 Å². The molecule has 0 radical (unpaired) electrons. The number of alkyl halides is 3. The number of non-ortho nitro benzene ring substituents is 1. The van der Waals surface area contributed by atoms with E-state index >= 15 is 0 Å². The van der Waals surface area contributed by atoms with Gasteiger partial charge in [-0.15, -0.1) is 0 Å². The lowest BCUT2D eigenvalue weighted by molar-refractivity contribution is -0.385. The van der Waals surface area contributed by atoms with Crippen LogP contribution in [0, 0.1) is 10.1 Å². The molecule has 5 nitrogen and oxygen atoms in total. The Morgan fingerprint density at radius 1 is 1.30 bits per heavy atom. The molecule has 0 saturated carbocycles. The van der Waals surface area contributed by atoms with E-state index in [0.717, 1.165) is 12.1 Å². The van der Waals surface area contributed by atoms with E-state index in [0.29, 0.717) is 25.5 Å². The van der Waals surface area contributed by atoms with Gasteiger partial charge in [-0.25, -0.2) is 0 Å². The van der Waals surface area contributed by atoms with Gasteiger partial charge in [-0.1, -0.05) is 0 Å². The highest BCUT2D eigenvalue weighted by molar-refractivity contribution is 5.85. The van der Waals surface area contributed by atoms with Crippen molar-refractivity contribution in [2.75, 3.05) is 18.0 Å². The number of ketones is 1. The summed E-state index contributed by atoms with van der Waals surface area (Å²) < 4.78 is 39.0. The summed E-state index contributed by atoms with van der Waals surface area (Å²) in [5.74, 6) is -0.136. The Hall–Kier alpha value is -2.12. The summed E-state index contributed by atoms with van der Waals surface area (Å²) in [7, 11) is 0. The van der Waals surface area contributed by atoms with Crippen LogP contribution >= 0.6 is 0 Å². The average molecular weight is 288 g/mol. The van der Waals surface area contributed by atoms with Crippen LogP contribution in [-0.2, 0) is 11.0 Å². The molecule has 0 atom stereocenters. The molecule has 0 N–H and O–H groups in total. The highest BCUT2D eigenvalue weighted by Crippen LogP contribution is 2.39. The molecule has 0 aliphatic carbocycles. The first-order chi connectivity index (χ1) is 9.29. The molecule has 1 saturated heterocycles. The average Bonchev–Trinajstić information content (AvgIpc) is 2.37. The maximum Gasteiger partial charge on any atom is 0.418 e. The Balaban J connectivity index is 2.46. The lowest BCUT2D eigenvalue weighted by Crippen LogP contribution is -2.36. The maximum atomic E-state index is 13.0. The van der Waals surface area contributed by atoms with Crippen molar-refractivity contribution < 1.29 is 22.9 Å². The molecule has 20 heavy (non-hydrogen) atoms. The van der Waals surface area contributed by atoms with Gasteiger partial charge in [-0.05, 0) is 12.5 Å². The number of carbonyl (C=O) groups is 1. The van der Waals surface area contributed by atoms with E-state index in [1.807, 2.05) is 0 Å². The van der Waals surface area contributed by atoms with Gasteiger partial charge >= 0.3 is 6.18 Å². The molecule has 1 aliphatic heterocycles. The lowest BCUT2D eigenvalue weighted by atomic mass is 10.1. The number of anilines is 1. The molecule has 1 aliphatic rings. The highest BCUT2D eigenvalue weighted by Gasteiger charge is 2.37. The summed E-state index contributed by atoms with van der Waals surface area (Å²) in [6.45, 7) is 0.230. The van der Waals surface area contributed by atoms with Gasteiger partial charge in [0.1, 0.15) is 0 Å². The maximum absolute atomic E-state index is 13.0. The summed E-state index contributed by atoms with van der Waals surface area (Å²) in [6, 6.07) is 2.58. The Labute approximate surface area is 112 Å². The number of nitro groups is 1. The van der Waals surface area contributed by atoms with Crippen LogP contribution in [0.25, 0.3) is 0 Å². The van der Waals surface area contributed by atoms with Crippen molar-refractivity contribution in [3.8, 4) is 0 Å². The molecule has 0 amide bonds. The Morgan fingerprint density at radius 3 is 2.55 bits per heavy atom. The first kappa shape index (κ1) is 14.3. The van der Waals surface area contributed by atoms with Crippen molar-refractivity contribution in [2.45, 2.75) is 19.0 Å². The Kier molecular flexibility index (Phi) is 3.65. The van der Waals surface area contributed by atoms with E-state index in [2.05, 4.69) is 0 Å². The summed E-state index contributed by atoms with van der Waals surface area (Å²) >= 11 is 0. The van der Waals surface area contributed by atoms with Gasteiger partial charge < -0.3 is 4.90 Å². The second-order valence-electron chi connectivity index (χ2n) is 4.52. The zero-order valence-corrected chi connectivity index (χ0v) is 10.3. The molecule has 1 fully saturated rings. The quantitative estimate of drug-likeness (QED) is 0.620. The van der Waals surface area contributed by atoms with E-state index in [1.54, 1.807) is 0 Å². The third-order valence-corrected chi connectivity index (χ3v) is 3.09. The second-order valence-corrected chi connectivity index (χ2v) is 4.52. The van der Waals surface area contributed by atoms with Crippen molar-refractivity contribution in [1.82, 2.24) is 0 Å². The molecule has 1 aromatic carbocycles. The molecule has 108 valence electrons. The molecular weight excluding hydrogens is 277 g/mol. The van der Waals surface area contributed by atoms with Crippen LogP contribution < -0.4 is 4.90 Å². The van der Waals surface area contributed by atoms with Crippen LogP contribution in [0.4, 0.5) is 24.5 Å². The zero-order valence-electron chi connectivity index (χ0n) is 10.3. The Bertz CT molecular complexity index is 557. The van der Waals surface area contributed by atoms with Gasteiger partial charge in [0.25, 0.3) is 5.69 Å². The number of nitro benzene ring substituents is 1. The van der Waals surface area contributed by atoms with Crippen molar-refractivity contribution in [3.63, 3.8) is 0 Å². The fraction of sp³-hybridized carbons (Fsp3) is 0.417. The van der Waals surface area contributed by atoms with Gasteiger partial charge in [-0.3, -0.25) is 14.9 Å². The monoisotopic (exact) mass is 288 g/mol. The number of hydrogen-bond donors (Lipinski definition) is 0.